The van der Waals surface area contributed by atoms with Crippen LogP contribution in [0.5, 0.6) is 0 Å². The summed E-state index contributed by atoms with van der Waals surface area (Å²) in [6, 6.07) is 0.488. The van der Waals surface area contributed by atoms with E-state index in [4.69, 9.17) is 12.2 Å². The van der Waals surface area contributed by atoms with Crippen molar-refractivity contribution >= 4 is 17.3 Å². The highest BCUT2D eigenvalue weighted by Crippen LogP contribution is 2.02. The van der Waals surface area contributed by atoms with Gasteiger partial charge in [-0.3, -0.25) is 0 Å². The van der Waals surface area contributed by atoms with Crippen molar-refractivity contribution in [3.8, 4) is 0 Å². The van der Waals surface area contributed by atoms with Gasteiger partial charge in [0.1, 0.15) is 0 Å². The molecule has 1 aliphatic rings. The molecule has 0 saturated carbocycles. The molecule has 1 aliphatic heterocycles. The average Bonchev–Trinajstić information content (AvgIpc) is 2.29. The smallest absolute Gasteiger partial charge is 0.169 e. The Kier molecular flexibility index (Phi) is 5.32. The lowest BCUT2D eigenvalue weighted by atomic mass is 10.2. The molecular formula is C11H23N3S. The van der Waals surface area contributed by atoms with Gasteiger partial charge in [0.25, 0.3) is 0 Å². The molecule has 88 valence electrons. The summed E-state index contributed by atoms with van der Waals surface area (Å²) in [5.74, 6) is 0. The van der Waals surface area contributed by atoms with Crippen molar-refractivity contribution in [1.29, 1.82) is 0 Å². The van der Waals surface area contributed by atoms with Crippen molar-refractivity contribution in [3.05, 3.63) is 0 Å². The predicted octanol–water partition coefficient (Wildman–Crippen LogP) is 1.30. The molecule has 0 aromatic rings. The van der Waals surface area contributed by atoms with Gasteiger partial charge in [0, 0.05) is 32.2 Å². The fraction of sp³-hybridized carbons (Fsp3) is 0.909. The average molecular weight is 229 g/mol. The zero-order chi connectivity index (χ0) is 11.3. The lowest BCUT2D eigenvalue weighted by Gasteiger charge is -2.36. The lowest BCUT2D eigenvalue weighted by molar-refractivity contribution is 0.188. The third-order valence-corrected chi connectivity index (χ3v) is 3.47. The van der Waals surface area contributed by atoms with Crippen LogP contribution in [0.1, 0.15) is 27.2 Å². The summed E-state index contributed by atoms with van der Waals surface area (Å²) in [5.41, 5.74) is 0. The molecule has 0 amide bonds. The summed E-state index contributed by atoms with van der Waals surface area (Å²) in [6.45, 7) is 12.1. The Morgan fingerprint density at radius 1 is 1.27 bits per heavy atom. The molecule has 0 aromatic carbocycles. The number of hydrogen-bond acceptors (Lipinski definition) is 2. The Hall–Kier alpha value is -0.350. The highest BCUT2D eigenvalue weighted by atomic mass is 32.1. The Balaban J connectivity index is 2.30. The van der Waals surface area contributed by atoms with Crippen molar-refractivity contribution in [2.75, 3.05) is 32.7 Å². The molecular weight excluding hydrogens is 206 g/mol. The molecule has 1 fully saturated rings. The van der Waals surface area contributed by atoms with Crippen LogP contribution in [0.4, 0.5) is 0 Å². The molecule has 1 rings (SSSR count). The van der Waals surface area contributed by atoms with Gasteiger partial charge >= 0.3 is 0 Å². The second-order valence-corrected chi connectivity index (χ2v) is 4.57. The number of nitrogens with zero attached hydrogens (tertiary/aromatic N) is 2. The molecule has 0 bridgehead atoms. The number of likely N-dealkylation sites (N-methyl/N-ethyl adjacent to an activating group) is 1. The first-order valence-electron chi connectivity index (χ1n) is 5.95. The predicted molar refractivity (Wildman–Crippen MR) is 69.2 cm³/mol. The minimum absolute atomic E-state index is 0.488. The topological polar surface area (TPSA) is 18.5 Å². The Labute approximate surface area is 98.8 Å². The molecule has 15 heavy (non-hydrogen) atoms. The highest BCUT2D eigenvalue weighted by molar-refractivity contribution is 7.80. The van der Waals surface area contributed by atoms with E-state index in [2.05, 4.69) is 35.9 Å². The van der Waals surface area contributed by atoms with E-state index < -0.39 is 0 Å². The summed E-state index contributed by atoms with van der Waals surface area (Å²) < 4.78 is 0. The van der Waals surface area contributed by atoms with Crippen LogP contribution in [0.15, 0.2) is 0 Å². The summed E-state index contributed by atoms with van der Waals surface area (Å²) in [5, 5.41) is 4.30. The van der Waals surface area contributed by atoms with E-state index in [0.717, 1.165) is 44.3 Å². The molecule has 1 N–H and O–H groups in total. The fourth-order valence-corrected chi connectivity index (χ4v) is 2.06. The number of rotatable bonds is 3. The number of thiocarbonyl (C=S) groups is 1. The first kappa shape index (κ1) is 12.7. The van der Waals surface area contributed by atoms with Gasteiger partial charge in [-0.15, -0.1) is 0 Å². The highest BCUT2D eigenvalue weighted by Gasteiger charge is 2.17. The number of nitrogens with one attached hydrogen (secondary N) is 1. The van der Waals surface area contributed by atoms with Gasteiger partial charge in [-0.05, 0) is 32.1 Å². The molecule has 0 unspecified atom stereocenters. The van der Waals surface area contributed by atoms with Crippen molar-refractivity contribution in [3.63, 3.8) is 0 Å². The molecule has 0 aromatic heterocycles. The van der Waals surface area contributed by atoms with Crippen molar-refractivity contribution in [1.82, 2.24) is 15.1 Å². The Bertz CT molecular complexity index is 200. The molecule has 1 heterocycles. The van der Waals surface area contributed by atoms with Gasteiger partial charge < -0.3 is 15.1 Å². The van der Waals surface area contributed by atoms with Crippen molar-refractivity contribution in [2.24, 2.45) is 0 Å². The van der Waals surface area contributed by atoms with E-state index in [1.807, 2.05) is 0 Å². The van der Waals surface area contributed by atoms with Gasteiger partial charge in [0.05, 0.1) is 0 Å². The van der Waals surface area contributed by atoms with Gasteiger partial charge in [0.15, 0.2) is 5.11 Å². The Morgan fingerprint density at radius 3 is 2.33 bits per heavy atom. The van der Waals surface area contributed by atoms with Crippen LogP contribution in [0.3, 0.4) is 0 Å². The van der Waals surface area contributed by atoms with Crippen LogP contribution in [-0.2, 0) is 0 Å². The van der Waals surface area contributed by atoms with Crippen LogP contribution < -0.4 is 5.32 Å². The first-order valence-corrected chi connectivity index (χ1v) is 6.36. The van der Waals surface area contributed by atoms with E-state index in [1.54, 1.807) is 0 Å². The van der Waals surface area contributed by atoms with Crippen LogP contribution in [0, 0.1) is 0 Å². The third-order valence-electron chi connectivity index (χ3n) is 3.09. The van der Waals surface area contributed by atoms with E-state index in [9.17, 15) is 0 Å². The van der Waals surface area contributed by atoms with E-state index >= 15 is 0 Å². The van der Waals surface area contributed by atoms with Gasteiger partial charge in [0.2, 0.25) is 0 Å². The minimum atomic E-state index is 0.488. The SMILES string of the molecule is CC[C@@H](C)NC(=S)N1CCN(CC)CC1. The molecule has 3 nitrogen and oxygen atoms in total. The monoisotopic (exact) mass is 229 g/mol. The van der Waals surface area contributed by atoms with Gasteiger partial charge in [-0.2, -0.15) is 0 Å². The molecule has 1 atom stereocenters. The maximum absolute atomic E-state index is 5.39. The van der Waals surface area contributed by atoms with Crippen LogP contribution >= 0.6 is 12.2 Å². The van der Waals surface area contributed by atoms with Gasteiger partial charge in [-0.25, -0.2) is 0 Å². The normalized spacial score (nSPS) is 20.1. The summed E-state index contributed by atoms with van der Waals surface area (Å²) >= 11 is 5.39. The van der Waals surface area contributed by atoms with Crippen molar-refractivity contribution in [2.45, 2.75) is 33.2 Å². The van der Waals surface area contributed by atoms with E-state index in [-0.39, 0.29) is 0 Å². The van der Waals surface area contributed by atoms with Crippen LogP contribution in [0.25, 0.3) is 0 Å². The zero-order valence-corrected chi connectivity index (χ0v) is 10.9. The maximum Gasteiger partial charge on any atom is 0.169 e. The van der Waals surface area contributed by atoms with E-state index in [0.29, 0.717) is 6.04 Å². The van der Waals surface area contributed by atoms with E-state index in [1.165, 1.54) is 0 Å². The second kappa shape index (κ2) is 6.28. The van der Waals surface area contributed by atoms with Crippen molar-refractivity contribution < 1.29 is 0 Å². The maximum atomic E-state index is 5.39. The minimum Gasteiger partial charge on any atom is -0.360 e. The second-order valence-electron chi connectivity index (χ2n) is 4.18. The molecule has 0 aliphatic carbocycles. The summed E-state index contributed by atoms with van der Waals surface area (Å²) in [7, 11) is 0. The largest absolute Gasteiger partial charge is 0.360 e. The Morgan fingerprint density at radius 2 is 1.87 bits per heavy atom. The molecule has 4 heteroatoms. The van der Waals surface area contributed by atoms with Crippen LogP contribution in [0.2, 0.25) is 0 Å². The summed E-state index contributed by atoms with van der Waals surface area (Å²) in [6.07, 6.45) is 1.12. The summed E-state index contributed by atoms with van der Waals surface area (Å²) in [4.78, 5) is 4.75. The fourth-order valence-electron chi connectivity index (χ4n) is 1.67. The lowest BCUT2D eigenvalue weighted by Crippen LogP contribution is -2.52. The standard InChI is InChI=1S/C11H23N3S/c1-4-10(3)12-11(15)14-8-6-13(5-2)7-9-14/h10H,4-9H2,1-3H3,(H,12,15)/t10-/m1/s1. The number of piperazine rings is 1. The first-order chi connectivity index (χ1) is 7.17. The zero-order valence-electron chi connectivity index (χ0n) is 10.1. The quantitative estimate of drug-likeness (QED) is 0.735. The van der Waals surface area contributed by atoms with Gasteiger partial charge in [-0.1, -0.05) is 13.8 Å². The number of hydrogen-bond donors (Lipinski definition) is 1. The van der Waals surface area contributed by atoms with Crippen LogP contribution in [-0.4, -0.2) is 53.7 Å². The molecule has 1 saturated heterocycles. The molecule has 0 radical (unpaired) electrons. The molecule has 0 spiro atoms. The third kappa shape index (κ3) is 3.95.